The Kier molecular flexibility index (Phi) is 8.74. The van der Waals surface area contributed by atoms with Crippen molar-refractivity contribution in [2.75, 3.05) is 11.1 Å². The zero-order chi connectivity index (χ0) is 24.8. The summed E-state index contributed by atoms with van der Waals surface area (Å²) in [5.41, 5.74) is 2.44. The van der Waals surface area contributed by atoms with Gasteiger partial charge < -0.3 is 15.2 Å². The quantitative estimate of drug-likeness (QED) is 0.382. The average Bonchev–Trinajstić information content (AvgIpc) is 3.16. The summed E-state index contributed by atoms with van der Waals surface area (Å²) in [6, 6.07) is 14.2. The van der Waals surface area contributed by atoms with Gasteiger partial charge in [-0.3, -0.25) is 9.59 Å². The van der Waals surface area contributed by atoms with Crippen molar-refractivity contribution in [3.05, 3.63) is 70.5 Å². The SMILES string of the molecule is CC(C)c1ccccc1NC(=O)CSc1nnc([C@@H](NC(=O)c2ccc(Cl)cc2)C(C)C)n1C. The van der Waals surface area contributed by atoms with Crippen LogP contribution in [0.15, 0.2) is 53.7 Å². The Morgan fingerprint density at radius 3 is 2.35 bits per heavy atom. The molecule has 7 nitrogen and oxygen atoms in total. The molecule has 0 aliphatic carbocycles. The number of nitrogens with one attached hydrogen (secondary N) is 2. The van der Waals surface area contributed by atoms with Crippen LogP contribution in [0, 0.1) is 5.92 Å². The lowest BCUT2D eigenvalue weighted by Gasteiger charge is -2.21. The Morgan fingerprint density at radius 1 is 1.03 bits per heavy atom. The van der Waals surface area contributed by atoms with Crippen LogP contribution in [0.3, 0.4) is 0 Å². The number of hydrogen-bond donors (Lipinski definition) is 2. The van der Waals surface area contributed by atoms with Crippen LogP contribution in [0.5, 0.6) is 0 Å². The summed E-state index contributed by atoms with van der Waals surface area (Å²) in [6.07, 6.45) is 0. The molecule has 0 aliphatic rings. The summed E-state index contributed by atoms with van der Waals surface area (Å²) in [4.78, 5) is 25.3. The molecule has 0 aliphatic heterocycles. The van der Waals surface area contributed by atoms with Crippen molar-refractivity contribution in [1.82, 2.24) is 20.1 Å². The third kappa shape index (κ3) is 6.39. The number of nitrogens with zero attached hydrogens (tertiary/aromatic N) is 3. The highest BCUT2D eigenvalue weighted by molar-refractivity contribution is 7.99. The lowest BCUT2D eigenvalue weighted by molar-refractivity contribution is -0.113. The molecule has 1 aromatic heterocycles. The van der Waals surface area contributed by atoms with E-state index in [1.165, 1.54) is 11.8 Å². The van der Waals surface area contributed by atoms with E-state index in [4.69, 9.17) is 11.6 Å². The van der Waals surface area contributed by atoms with E-state index in [1.807, 2.05) is 49.7 Å². The molecular weight excluding hydrogens is 470 g/mol. The fraction of sp³-hybridized carbons (Fsp3) is 0.360. The van der Waals surface area contributed by atoms with Crippen molar-refractivity contribution in [3.8, 4) is 0 Å². The van der Waals surface area contributed by atoms with Gasteiger partial charge in [-0.25, -0.2) is 0 Å². The summed E-state index contributed by atoms with van der Waals surface area (Å²) < 4.78 is 1.83. The van der Waals surface area contributed by atoms with Gasteiger partial charge in [0.15, 0.2) is 11.0 Å². The number of hydrogen-bond acceptors (Lipinski definition) is 5. The number of anilines is 1. The molecule has 2 N–H and O–H groups in total. The second-order valence-corrected chi connectivity index (χ2v) is 10.1. The van der Waals surface area contributed by atoms with Crippen LogP contribution in [0.2, 0.25) is 5.02 Å². The fourth-order valence-corrected chi connectivity index (χ4v) is 4.35. The van der Waals surface area contributed by atoms with Crippen LogP contribution in [-0.4, -0.2) is 32.3 Å². The number of aromatic nitrogens is 3. The zero-order valence-electron chi connectivity index (χ0n) is 20.0. The van der Waals surface area contributed by atoms with E-state index in [0.29, 0.717) is 27.5 Å². The molecule has 180 valence electrons. The fourth-order valence-electron chi connectivity index (χ4n) is 3.51. The number of benzene rings is 2. The summed E-state index contributed by atoms with van der Waals surface area (Å²) in [6.45, 7) is 8.21. The Labute approximate surface area is 209 Å². The van der Waals surface area contributed by atoms with Crippen LogP contribution in [0.4, 0.5) is 5.69 Å². The van der Waals surface area contributed by atoms with E-state index in [-0.39, 0.29) is 29.5 Å². The van der Waals surface area contributed by atoms with Gasteiger partial charge in [0.2, 0.25) is 5.91 Å². The molecule has 0 bridgehead atoms. The standard InChI is InChI=1S/C25H30ClN5O2S/c1-15(2)19-8-6-7-9-20(19)27-21(32)14-34-25-30-29-23(31(25)5)22(16(3)4)28-24(33)17-10-12-18(26)13-11-17/h6-13,15-16,22H,14H2,1-5H3,(H,27,32)(H,28,33)/t22-/m0/s1. The van der Waals surface area contributed by atoms with Gasteiger partial charge in [0.1, 0.15) is 0 Å². The first-order valence-electron chi connectivity index (χ1n) is 11.1. The molecular formula is C25H30ClN5O2S. The van der Waals surface area contributed by atoms with Crippen LogP contribution in [-0.2, 0) is 11.8 Å². The second-order valence-electron chi connectivity index (χ2n) is 8.68. The molecule has 0 radical (unpaired) electrons. The summed E-state index contributed by atoms with van der Waals surface area (Å²) in [7, 11) is 1.84. The van der Waals surface area contributed by atoms with Gasteiger partial charge in [0, 0.05) is 23.3 Å². The largest absolute Gasteiger partial charge is 0.342 e. The van der Waals surface area contributed by atoms with E-state index in [1.54, 1.807) is 24.3 Å². The van der Waals surface area contributed by atoms with Crippen LogP contribution in [0.25, 0.3) is 0 Å². The summed E-state index contributed by atoms with van der Waals surface area (Å²) >= 11 is 7.23. The van der Waals surface area contributed by atoms with E-state index < -0.39 is 0 Å². The molecule has 34 heavy (non-hydrogen) atoms. The number of carbonyl (C=O) groups excluding carboxylic acids is 2. The predicted octanol–water partition coefficient (Wildman–Crippen LogP) is 5.45. The first kappa shape index (κ1) is 25.8. The average molecular weight is 500 g/mol. The number of thioether (sulfide) groups is 1. The van der Waals surface area contributed by atoms with Crippen molar-refractivity contribution in [2.45, 2.75) is 44.8 Å². The topological polar surface area (TPSA) is 88.9 Å². The Morgan fingerprint density at radius 2 is 1.71 bits per heavy atom. The summed E-state index contributed by atoms with van der Waals surface area (Å²) in [5.74, 6) is 0.886. The zero-order valence-corrected chi connectivity index (χ0v) is 21.6. The molecule has 0 saturated heterocycles. The van der Waals surface area contributed by atoms with Crippen LogP contribution < -0.4 is 10.6 Å². The van der Waals surface area contributed by atoms with Gasteiger partial charge in [-0.1, -0.05) is 69.3 Å². The minimum Gasteiger partial charge on any atom is -0.342 e. The number of carbonyl (C=O) groups is 2. The monoisotopic (exact) mass is 499 g/mol. The molecule has 1 atom stereocenters. The lowest BCUT2D eigenvalue weighted by atomic mass is 10.0. The Bertz CT molecular complexity index is 1140. The van der Waals surface area contributed by atoms with Gasteiger partial charge in [0.05, 0.1) is 11.8 Å². The maximum Gasteiger partial charge on any atom is 0.251 e. The Balaban J connectivity index is 1.67. The van der Waals surface area contributed by atoms with Crippen molar-refractivity contribution in [2.24, 2.45) is 13.0 Å². The second kappa shape index (κ2) is 11.5. The molecule has 3 rings (SSSR count). The maximum atomic E-state index is 12.8. The molecule has 1 heterocycles. The molecule has 2 aromatic carbocycles. The minimum absolute atomic E-state index is 0.0767. The van der Waals surface area contributed by atoms with Crippen molar-refractivity contribution < 1.29 is 9.59 Å². The molecule has 0 fully saturated rings. The predicted molar refractivity (Wildman–Crippen MR) is 137 cm³/mol. The normalized spacial score (nSPS) is 12.1. The minimum atomic E-state index is -0.346. The molecule has 2 amide bonds. The van der Waals surface area contributed by atoms with Crippen molar-refractivity contribution >= 4 is 40.9 Å². The van der Waals surface area contributed by atoms with Crippen molar-refractivity contribution in [3.63, 3.8) is 0 Å². The molecule has 0 unspecified atom stereocenters. The van der Waals surface area contributed by atoms with Gasteiger partial charge in [-0.2, -0.15) is 0 Å². The number of amides is 2. The highest BCUT2D eigenvalue weighted by Gasteiger charge is 2.25. The van der Waals surface area contributed by atoms with Gasteiger partial charge in [-0.15, -0.1) is 10.2 Å². The number of rotatable bonds is 9. The summed E-state index contributed by atoms with van der Waals surface area (Å²) in [5, 5.41) is 15.8. The first-order chi connectivity index (χ1) is 16.2. The highest BCUT2D eigenvalue weighted by Crippen LogP contribution is 2.26. The lowest BCUT2D eigenvalue weighted by Crippen LogP contribution is -2.33. The van der Waals surface area contributed by atoms with Crippen molar-refractivity contribution in [1.29, 1.82) is 0 Å². The molecule has 3 aromatic rings. The van der Waals surface area contributed by atoms with Crippen LogP contribution >= 0.6 is 23.4 Å². The van der Waals surface area contributed by atoms with E-state index in [2.05, 4.69) is 34.7 Å². The molecule has 9 heteroatoms. The highest BCUT2D eigenvalue weighted by atomic mass is 35.5. The van der Waals surface area contributed by atoms with Crippen LogP contribution in [0.1, 0.15) is 61.4 Å². The van der Waals surface area contributed by atoms with Gasteiger partial charge >= 0.3 is 0 Å². The Hall–Kier alpha value is -2.84. The third-order valence-corrected chi connectivity index (χ3v) is 6.67. The number of halogens is 1. The number of para-hydroxylation sites is 1. The van der Waals surface area contributed by atoms with E-state index in [9.17, 15) is 9.59 Å². The molecule has 0 saturated carbocycles. The third-order valence-electron chi connectivity index (χ3n) is 5.40. The molecule has 0 spiro atoms. The maximum absolute atomic E-state index is 12.8. The first-order valence-corrected chi connectivity index (χ1v) is 12.5. The van der Waals surface area contributed by atoms with E-state index >= 15 is 0 Å². The van der Waals surface area contributed by atoms with Gasteiger partial charge in [-0.05, 0) is 47.7 Å². The van der Waals surface area contributed by atoms with E-state index in [0.717, 1.165) is 11.3 Å². The smallest absolute Gasteiger partial charge is 0.251 e. The van der Waals surface area contributed by atoms with Gasteiger partial charge in [0.25, 0.3) is 5.91 Å².